The Balaban J connectivity index is 1.68. The van der Waals surface area contributed by atoms with Crippen molar-refractivity contribution in [2.75, 3.05) is 39.4 Å². The molecule has 3 aromatic carbocycles. The molecule has 9 heteroatoms. The van der Waals surface area contributed by atoms with Crippen LogP contribution in [0.15, 0.2) is 71.7 Å². The van der Waals surface area contributed by atoms with Gasteiger partial charge in [0.15, 0.2) is 0 Å². The molecule has 3 unspecified atom stereocenters. The van der Waals surface area contributed by atoms with Gasteiger partial charge in [0, 0.05) is 42.3 Å². The number of piperazine rings is 1. The molecule has 5 rings (SSSR count). The number of hydrogen-bond donors (Lipinski definition) is 1. The molecule has 1 N–H and O–H groups in total. The van der Waals surface area contributed by atoms with Gasteiger partial charge >= 0.3 is 0 Å². The van der Waals surface area contributed by atoms with Crippen molar-refractivity contribution in [1.82, 2.24) is 15.1 Å². The van der Waals surface area contributed by atoms with E-state index in [4.69, 9.17) is 43.0 Å². The molecule has 217 valence electrons. The molecule has 2 aliphatic heterocycles. The summed E-state index contributed by atoms with van der Waals surface area (Å²) in [5, 5.41) is 16.2. The van der Waals surface area contributed by atoms with Gasteiger partial charge in [-0.2, -0.15) is 0 Å². The van der Waals surface area contributed by atoms with Gasteiger partial charge in [0.05, 0.1) is 30.9 Å². The second-order valence-electron chi connectivity index (χ2n) is 10.5. The molecule has 3 aromatic rings. The van der Waals surface area contributed by atoms with Gasteiger partial charge in [-0.3, -0.25) is 9.89 Å². The van der Waals surface area contributed by atoms with Crippen molar-refractivity contribution in [3.8, 4) is 11.5 Å². The minimum absolute atomic E-state index is 0.0420. The number of ether oxygens (including phenoxy) is 2. The molecule has 0 saturated carbocycles. The number of benzene rings is 3. The number of aliphatic hydroxyl groups is 1. The van der Waals surface area contributed by atoms with Crippen LogP contribution in [0.4, 0.5) is 0 Å². The minimum atomic E-state index is -0.231. The number of aliphatic imine (C=N–C) groups is 1. The van der Waals surface area contributed by atoms with Crippen LogP contribution in [0.1, 0.15) is 49.5 Å². The van der Waals surface area contributed by atoms with Crippen LogP contribution in [0.25, 0.3) is 0 Å². The third kappa shape index (κ3) is 6.82. The van der Waals surface area contributed by atoms with Crippen LogP contribution in [0.5, 0.6) is 11.5 Å². The number of nitrogens with zero attached hydrogens (tertiary/aromatic N) is 4. The highest BCUT2D eigenvalue weighted by atomic mass is 35.5. The van der Waals surface area contributed by atoms with Crippen LogP contribution in [-0.4, -0.2) is 72.4 Å². The summed E-state index contributed by atoms with van der Waals surface area (Å²) in [7, 11) is 0. The average Bonchev–Trinajstić information content (AvgIpc) is 3.34. The Morgan fingerprint density at radius 2 is 1.66 bits per heavy atom. The van der Waals surface area contributed by atoms with Gasteiger partial charge in [0.25, 0.3) is 0 Å². The predicted octanol–water partition coefficient (Wildman–Crippen LogP) is 5.96. The normalized spacial score (nSPS) is 21.3. The molecular formula is C32H37Cl2N4O3. The van der Waals surface area contributed by atoms with E-state index in [0.717, 1.165) is 34.8 Å². The molecule has 1 fully saturated rings. The van der Waals surface area contributed by atoms with E-state index in [1.54, 1.807) is 0 Å². The SMILES string of the molecule is CCOc1ccc(C2=NC(c3ccc(Cl)cc3)C(c3ccc(Cl)cc3)N2C2CN(CCO)CC[N]2)c(OC(C)C)c1. The van der Waals surface area contributed by atoms with E-state index in [9.17, 15) is 5.11 Å². The second kappa shape index (κ2) is 13.4. The van der Waals surface area contributed by atoms with Crippen LogP contribution in [-0.2, 0) is 0 Å². The Morgan fingerprint density at radius 1 is 0.976 bits per heavy atom. The fraction of sp³-hybridized carbons (Fsp3) is 0.406. The maximum absolute atomic E-state index is 9.70. The topological polar surface area (TPSA) is 71.6 Å². The molecular weight excluding hydrogens is 559 g/mol. The maximum Gasteiger partial charge on any atom is 0.137 e. The van der Waals surface area contributed by atoms with Crippen molar-refractivity contribution in [3.63, 3.8) is 0 Å². The van der Waals surface area contributed by atoms with E-state index in [2.05, 4.69) is 21.9 Å². The lowest BCUT2D eigenvalue weighted by Crippen LogP contribution is -2.57. The Morgan fingerprint density at radius 3 is 2.29 bits per heavy atom. The average molecular weight is 597 g/mol. The van der Waals surface area contributed by atoms with Gasteiger partial charge in [0.2, 0.25) is 0 Å². The summed E-state index contributed by atoms with van der Waals surface area (Å²) >= 11 is 12.6. The fourth-order valence-electron chi connectivity index (χ4n) is 5.55. The molecule has 41 heavy (non-hydrogen) atoms. The number of amidine groups is 1. The molecule has 2 aliphatic rings. The zero-order valence-electron chi connectivity index (χ0n) is 23.7. The van der Waals surface area contributed by atoms with Gasteiger partial charge in [-0.05, 0) is 68.3 Å². The number of halogens is 2. The minimum Gasteiger partial charge on any atom is -0.494 e. The number of rotatable bonds is 10. The Labute approximate surface area is 252 Å². The van der Waals surface area contributed by atoms with Gasteiger partial charge in [-0.1, -0.05) is 47.5 Å². The number of β-amino-alcohol motifs (C(OH)–C–C–N with tert-alkyl or cyclic N) is 1. The highest BCUT2D eigenvalue weighted by molar-refractivity contribution is 6.30. The van der Waals surface area contributed by atoms with E-state index in [1.165, 1.54) is 0 Å². The van der Waals surface area contributed by atoms with Crippen molar-refractivity contribution < 1.29 is 14.6 Å². The Bertz CT molecular complexity index is 1330. The molecule has 3 atom stereocenters. The molecule has 7 nitrogen and oxygen atoms in total. The second-order valence-corrected chi connectivity index (χ2v) is 11.4. The molecule has 0 spiro atoms. The van der Waals surface area contributed by atoms with E-state index in [0.29, 0.717) is 42.0 Å². The van der Waals surface area contributed by atoms with E-state index >= 15 is 0 Å². The van der Waals surface area contributed by atoms with Crippen molar-refractivity contribution in [3.05, 3.63) is 93.5 Å². The summed E-state index contributed by atoms with van der Waals surface area (Å²) in [6.45, 7) is 9.43. The molecule has 0 aliphatic carbocycles. The Hall–Kier alpha value is -2.81. The van der Waals surface area contributed by atoms with Crippen molar-refractivity contribution in [1.29, 1.82) is 0 Å². The Kier molecular flexibility index (Phi) is 9.73. The van der Waals surface area contributed by atoms with E-state index < -0.39 is 0 Å². The molecule has 2 heterocycles. The molecule has 0 amide bonds. The van der Waals surface area contributed by atoms with Crippen LogP contribution < -0.4 is 14.8 Å². The van der Waals surface area contributed by atoms with Crippen molar-refractivity contribution in [2.45, 2.75) is 45.1 Å². The van der Waals surface area contributed by atoms with E-state index in [-0.39, 0.29) is 31.0 Å². The molecule has 1 radical (unpaired) electrons. The van der Waals surface area contributed by atoms with Gasteiger partial charge < -0.3 is 19.5 Å². The van der Waals surface area contributed by atoms with Gasteiger partial charge in [-0.15, -0.1) is 0 Å². The van der Waals surface area contributed by atoms with Gasteiger partial charge in [0.1, 0.15) is 29.5 Å². The maximum atomic E-state index is 9.70. The highest BCUT2D eigenvalue weighted by Crippen LogP contribution is 2.46. The summed E-state index contributed by atoms with van der Waals surface area (Å²) in [4.78, 5) is 10.0. The number of hydrogen-bond acceptors (Lipinski definition) is 6. The lowest BCUT2D eigenvalue weighted by molar-refractivity contribution is 0.0893. The largest absolute Gasteiger partial charge is 0.494 e. The summed E-state index contributed by atoms with van der Waals surface area (Å²) in [5.41, 5.74) is 3.02. The van der Waals surface area contributed by atoms with Crippen LogP contribution >= 0.6 is 23.2 Å². The standard InChI is InChI=1S/C32H37Cl2N4O3/c1-4-40-26-13-14-27(28(19-26)41-21(2)3)32-36-30(22-5-9-24(33)10-6-22)31(23-7-11-25(34)12-8-23)38(32)29-20-37(17-18-39)16-15-35-29/h5-14,19,21,29-31,39H,4,15-18,20H2,1-3H3. The third-order valence-corrected chi connectivity index (χ3v) is 7.81. The third-order valence-electron chi connectivity index (χ3n) is 7.31. The first kappa shape index (κ1) is 29.7. The lowest BCUT2D eigenvalue weighted by atomic mass is 9.93. The first-order valence-corrected chi connectivity index (χ1v) is 14.9. The van der Waals surface area contributed by atoms with Crippen LogP contribution in [0, 0.1) is 0 Å². The van der Waals surface area contributed by atoms with Gasteiger partial charge in [-0.25, -0.2) is 5.32 Å². The van der Waals surface area contributed by atoms with Crippen molar-refractivity contribution >= 4 is 29.0 Å². The quantitative estimate of drug-likeness (QED) is 0.313. The smallest absolute Gasteiger partial charge is 0.137 e. The summed E-state index contributed by atoms with van der Waals surface area (Å²) in [6.07, 6.45) is -0.231. The monoisotopic (exact) mass is 595 g/mol. The fourth-order valence-corrected chi connectivity index (χ4v) is 5.80. The summed E-state index contributed by atoms with van der Waals surface area (Å²) < 4.78 is 12.2. The summed E-state index contributed by atoms with van der Waals surface area (Å²) in [6, 6.07) is 21.4. The summed E-state index contributed by atoms with van der Waals surface area (Å²) in [5.74, 6) is 2.27. The first-order valence-electron chi connectivity index (χ1n) is 14.2. The first-order chi connectivity index (χ1) is 19.9. The lowest BCUT2D eigenvalue weighted by Gasteiger charge is -2.42. The zero-order chi connectivity index (χ0) is 28.9. The molecule has 0 aromatic heterocycles. The zero-order valence-corrected chi connectivity index (χ0v) is 25.2. The van der Waals surface area contributed by atoms with Crippen LogP contribution in [0.3, 0.4) is 0 Å². The highest BCUT2D eigenvalue weighted by Gasteiger charge is 2.44. The molecule has 0 bridgehead atoms. The van der Waals surface area contributed by atoms with Crippen molar-refractivity contribution in [2.24, 2.45) is 4.99 Å². The number of aliphatic hydroxyl groups excluding tert-OH is 1. The molecule has 1 saturated heterocycles. The van der Waals surface area contributed by atoms with E-state index in [1.807, 2.05) is 75.4 Å². The van der Waals surface area contributed by atoms with Crippen LogP contribution in [0.2, 0.25) is 10.0 Å². The predicted molar refractivity (Wildman–Crippen MR) is 164 cm³/mol.